The first-order valence-corrected chi connectivity index (χ1v) is 14.3. The van der Waals surface area contributed by atoms with Crippen molar-refractivity contribution in [2.45, 2.75) is 32.4 Å². The lowest BCUT2D eigenvalue weighted by Crippen LogP contribution is -2.68. The Kier molecular flexibility index (Phi) is 5.82. The molecule has 4 heteroatoms. The third-order valence-corrected chi connectivity index (χ3v) is 13.2. The summed E-state index contributed by atoms with van der Waals surface area (Å²) in [5.74, 6) is 1.18. The summed E-state index contributed by atoms with van der Waals surface area (Å²) in [5.41, 5.74) is 0.909. The monoisotopic (exact) mass is 480 g/mol. The van der Waals surface area contributed by atoms with E-state index in [1.54, 1.807) is 0 Å². The van der Waals surface area contributed by atoms with Gasteiger partial charge in [-0.3, -0.25) is 0 Å². The first-order chi connectivity index (χ1) is 16.8. The first-order valence-electron chi connectivity index (χ1n) is 12.1. The minimum atomic E-state index is -2.57. The Labute approximate surface area is 208 Å². The Bertz CT molecular complexity index is 1270. The number of fused-ring (bicyclic) bond motifs is 1. The SMILES string of the molecule is C=C1Oc2ccccc2C(O)=C1C[C@@H]1C(=C)[Si](c2ccccc2)(c2ccccc2)C[C@H](O)C1(C)C. The topological polar surface area (TPSA) is 49.7 Å². The third-order valence-electron chi connectivity index (χ3n) is 8.16. The molecule has 1 saturated heterocycles. The van der Waals surface area contributed by atoms with Crippen molar-refractivity contribution in [3.63, 3.8) is 0 Å². The van der Waals surface area contributed by atoms with E-state index in [-0.39, 0.29) is 11.7 Å². The highest BCUT2D eigenvalue weighted by atomic mass is 28.3. The second-order valence-corrected chi connectivity index (χ2v) is 14.3. The summed E-state index contributed by atoms with van der Waals surface area (Å²) in [5, 5.41) is 26.6. The number of allylic oxidation sites excluding steroid dienone is 2. The molecule has 35 heavy (non-hydrogen) atoms. The summed E-state index contributed by atoms with van der Waals surface area (Å²) >= 11 is 0. The van der Waals surface area contributed by atoms with E-state index in [2.05, 4.69) is 69.0 Å². The lowest BCUT2D eigenvalue weighted by Gasteiger charge is -2.53. The summed E-state index contributed by atoms with van der Waals surface area (Å²) in [6.07, 6.45) is -0.0334. The van der Waals surface area contributed by atoms with E-state index < -0.39 is 19.6 Å². The maximum atomic E-state index is 11.7. The van der Waals surface area contributed by atoms with Crippen LogP contribution in [0.5, 0.6) is 5.75 Å². The highest BCUT2D eigenvalue weighted by Gasteiger charge is 2.55. The molecule has 0 bridgehead atoms. The van der Waals surface area contributed by atoms with Crippen LogP contribution in [0.1, 0.15) is 25.8 Å². The summed E-state index contributed by atoms with van der Waals surface area (Å²) in [6, 6.07) is 29.2. The van der Waals surface area contributed by atoms with Crippen molar-refractivity contribution in [2.24, 2.45) is 11.3 Å². The number of benzene rings is 3. The smallest absolute Gasteiger partial charge is 0.146 e. The van der Waals surface area contributed by atoms with E-state index in [0.29, 0.717) is 35.1 Å². The van der Waals surface area contributed by atoms with Crippen molar-refractivity contribution < 1.29 is 14.9 Å². The van der Waals surface area contributed by atoms with Gasteiger partial charge in [0, 0.05) is 5.57 Å². The molecule has 0 radical (unpaired) electrons. The van der Waals surface area contributed by atoms with Crippen LogP contribution in [0.4, 0.5) is 0 Å². The zero-order valence-corrected chi connectivity index (χ0v) is 21.4. The molecule has 3 nitrogen and oxygen atoms in total. The van der Waals surface area contributed by atoms with Gasteiger partial charge in [-0.05, 0) is 46.3 Å². The van der Waals surface area contributed by atoms with E-state index in [4.69, 9.17) is 11.3 Å². The molecule has 2 aliphatic rings. The first kappa shape index (κ1) is 23.4. The predicted octanol–water partition coefficient (Wildman–Crippen LogP) is 5.63. The minimum absolute atomic E-state index is 0.0823. The molecule has 2 atom stereocenters. The zero-order chi connectivity index (χ0) is 24.8. The molecule has 0 unspecified atom stereocenters. The van der Waals surface area contributed by atoms with Gasteiger partial charge in [-0.15, -0.1) is 6.58 Å². The van der Waals surface area contributed by atoms with Crippen molar-refractivity contribution in [3.05, 3.63) is 120 Å². The lowest BCUT2D eigenvalue weighted by molar-refractivity contribution is 0.0258. The van der Waals surface area contributed by atoms with Crippen LogP contribution < -0.4 is 15.1 Å². The van der Waals surface area contributed by atoms with Gasteiger partial charge in [0.1, 0.15) is 25.3 Å². The number of para-hydroxylation sites is 1. The quantitative estimate of drug-likeness (QED) is 0.476. The van der Waals surface area contributed by atoms with Gasteiger partial charge >= 0.3 is 0 Å². The standard InChI is InChI=1S/C31H32O3Si/c1-21-26(30(33)25-17-11-12-18-28(25)34-21)19-27-22(2)35(20-29(32)31(27,3)4,23-13-7-5-8-14-23)24-15-9-6-10-16-24/h5-18,27,29,32-33H,1-2,19-20H2,3-4H3/t27-,29+/m1/s1. The van der Waals surface area contributed by atoms with Crippen LogP contribution in [0.15, 0.2) is 115 Å². The van der Waals surface area contributed by atoms with Crippen LogP contribution in [0.3, 0.4) is 0 Å². The molecule has 0 aliphatic carbocycles. The largest absolute Gasteiger partial charge is 0.507 e. The molecular formula is C31H32O3Si. The van der Waals surface area contributed by atoms with Crippen molar-refractivity contribution in [3.8, 4) is 5.75 Å². The fourth-order valence-electron chi connectivity index (χ4n) is 5.92. The van der Waals surface area contributed by atoms with Crippen molar-refractivity contribution in [2.75, 3.05) is 0 Å². The van der Waals surface area contributed by atoms with E-state index in [9.17, 15) is 10.2 Å². The van der Waals surface area contributed by atoms with Crippen LogP contribution in [-0.4, -0.2) is 24.4 Å². The highest BCUT2D eigenvalue weighted by Crippen LogP contribution is 2.51. The third kappa shape index (κ3) is 3.68. The second kappa shape index (κ2) is 8.70. The molecule has 3 aromatic carbocycles. The van der Waals surface area contributed by atoms with Gasteiger partial charge in [-0.1, -0.05) is 98.4 Å². The summed E-state index contributed by atoms with van der Waals surface area (Å²) in [6.45, 7) is 13.1. The average molecular weight is 481 g/mol. The maximum absolute atomic E-state index is 11.7. The molecule has 0 spiro atoms. The molecule has 2 aliphatic heterocycles. The van der Waals surface area contributed by atoms with E-state index in [1.165, 1.54) is 10.4 Å². The molecule has 178 valence electrons. The van der Waals surface area contributed by atoms with E-state index in [0.717, 1.165) is 5.20 Å². The van der Waals surface area contributed by atoms with Crippen LogP contribution >= 0.6 is 0 Å². The van der Waals surface area contributed by atoms with E-state index in [1.807, 2.05) is 36.4 Å². The fourth-order valence-corrected chi connectivity index (χ4v) is 11.4. The Morgan fingerprint density at radius 2 is 1.43 bits per heavy atom. The van der Waals surface area contributed by atoms with Gasteiger partial charge in [0.15, 0.2) is 0 Å². The van der Waals surface area contributed by atoms with Gasteiger partial charge in [0.25, 0.3) is 0 Å². The molecule has 2 N–H and O–H groups in total. The zero-order valence-electron chi connectivity index (χ0n) is 20.4. The maximum Gasteiger partial charge on any atom is 0.146 e. The van der Waals surface area contributed by atoms with E-state index >= 15 is 0 Å². The molecule has 5 rings (SSSR count). The van der Waals surface area contributed by atoms with Crippen LogP contribution in [-0.2, 0) is 0 Å². The van der Waals surface area contributed by atoms with Gasteiger partial charge in [0.2, 0.25) is 0 Å². The number of aliphatic hydroxyl groups excluding tert-OH is 2. The summed E-state index contributed by atoms with van der Waals surface area (Å²) in [4.78, 5) is 0. The fraction of sp³-hybridized carbons (Fsp3) is 0.226. The molecule has 2 heterocycles. The van der Waals surface area contributed by atoms with Gasteiger partial charge in [0.05, 0.1) is 11.7 Å². The Morgan fingerprint density at radius 1 is 0.886 bits per heavy atom. The number of hydrogen-bond acceptors (Lipinski definition) is 3. The van der Waals surface area contributed by atoms with Crippen molar-refractivity contribution in [1.82, 2.24) is 0 Å². The molecule has 0 saturated carbocycles. The molecule has 3 aromatic rings. The second-order valence-electron chi connectivity index (χ2n) is 10.3. The van der Waals surface area contributed by atoms with Gasteiger partial charge in [-0.25, -0.2) is 0 Å². The molecule has 0 amide bonds. The Morgan fingerprint density at radius 3 is 2.03 bits per heavy atom. The minimum Gasteiger partial charge on any atom is -0.507 e. The predicted molar refractivity (Wildman–Crippen MR) is 146 cm³/mol. The number of aliphatic hydroxyl groups is 2. The number of ether oxygens (including phenoxy) is 1. The number of hydrogen-bond donors (Lipinski definition) is 2. The summed E-state index contributed by atoms with van der Waals surface area (Å²) < 4.78 is 6.01. The van der Waals surface area contributed by atoms with Crippen molar-refractivity contribution >= 4 is 24.2 Å². The van der Waals surface area contributed by atoms with Gasteiger partial charge < -0.3 is 14.9 Å². The molecule has 0 aromatic heterocycles. The van der Waals surface area contributed by atoms with Crippen LogP contribution in [0.2, 0.25) is 6.04 Å². The van der Waals surface area contributed by atoms with Crippen LogP contribution in [0.25, 0.3) is 5.76 Å². The molecular weight excluding hydrogens is 448 g/mol. The highest BCUT2D eigenvalue weighted by molar-refractivity contribution is 7.07. The molecule has 1 fully saturated rings. The van der Waals surface area contributed by atoms with Crippen molar-refractivity contribution in [1.29, 1.82) is 0 Å². The normalized spacial score (nSPS) is 22.9. The van der Waals surface area contributed by atoms with Gasteiger partial charge in [-0.2, -0.15) is 0 Å². The number of rotatable bonds is 4. The van der Waals surface area contributed by atoms with Crippen LogP contribution in [0, 0.1) is 11.3 Å². The lowest BCUT2D eigenvalue weighted by atomic mass is 9.71. The Balaban J connectivity index is 1.66. The Hall–Kier alpha value is -3.34. The average Bonchev–Trinajstić information content (AvgIpc) is 2.87. The summed E-state index contributed by atoms with van der Waals surface area (Å²) in [7, 11) is -2.57.